The van der Waals surface area contributed by atoms with Crippen molar-refractivity contribution in [3.05, 3.63) is 87.2 Å². The van der Waals surface area contributed by atoms with Crippen LogP contribution < -0.4 is 10.2 Å². The van der Waals surface area contributed by atoms with Gasteiger partial charge in [0.2, 0.25) is 0 Å². The van der Waals surface area contributed by atoms with Crippen LogP contribution in [0.3, 0.4) is 0 Å². The quantitative estimate of drug-likeness (QED) is 0.408. The second-order valence-electron chi connectivity index (χ2n) is 7.62. The van der Waals surface area contributed by atoms with Gasteiger partial charge in [0, 0.05) is 21.5 Å². The molecule has 1 fully saturated rings. The number of nitrogens with zero attached hydrogens (tertiary/aromatic N) is 2. The molecule has 4 rings (SSSR count). The van der Waals surface area contributed by atoms with Crippen molar-refractivity contribution in [2.45, 2.75) is 27.2 Å². The summed E-state index contributed by atoms with van der Waals surface area (Å²) in [4.78, 5) is 39.2. The number of nitrogens with one attached hydrogen (secondary N) is 1. The van der Waals surface area contributed by atoms with Crippen LogP contribution in [0.2, 0.25) is 0 Å². The normalized spacial score (nSPS) is 15.4. The number of benzene rings is 2. The number of anilines is 1. The molecule has 1 aliphatic rings. The van der Waals surface area contributed by atoms with Crippen molar-refractivity contribution in [1.29, 1.82) is 0 Å². The van der Waals surface area contributed by atoms with E-state index in [4.69, 9.17) is 0 Å². The van der Waals surface area contributed by atoms with Gasteiger partial charge in [-0.1, -0.05) is 35.0 Å². The van der Waals surface area contributed by atoms with E-state index in [-0.39, 0.29) is 5.57 Å². The highest BCUT2D eigenvalue weighted by Gasteiger charge is 2.37. The average Bonchev–Trinajstić information content (AvgIpc) is 3.05. The maximum absolute atomic E-state index is 13.2. The van der Waals surface area contributed by atoms with E-state index in [1.807, 2.05) is 63.2 Å². The molecule has 7 heteroatoms. The van der Waals surface area contributed by atoms with Gasteiger partial charge in [-0.15, -0.1) is 0 Å². The number of carbonyl (C=O) groups excluding carboxylic acids is 3. The van der Waals surface area contributed by atoms with Crippen molar-refractivity contribution in [1.82, 2.24) is 9.88 Å². The van der Waals surface area contributed by atoms with Gasteiger partial charge in [0.05, 0.1) is 5.69 Å². The van der Waals surface area contributed by atoms with Gasteiger partial charge in [0.1, 0.15) is 5.57 Å². The third-order valence-corrected chi connectivity index (χ3v) is 6.09. The number of carbonyl (C=O) groups is 3. The highest BCUT2D eigenvalue weighted by molar-refractivity contribution is 9.10. The van der Waals surface area contributed by atoms with Gasteiger partial charge >= 0.3 is 6.03 Å². The summed E-state index contributed by atoms with van der Waals surface area (Å²) in [6.07, 6.45) is 2.40. The summed E-state index contributed by atoms with van der Waals surface area (Å²) in [5.74, 6) is -1.34. The predicted octanol–water partition coefficient (Wildman–Crippen LogP) is 5.09. The van der Waals surface area contributed by atoms with Gasteiger partial charge in [-0.2, -0.15) is 0 Å². The van der Waals surface area contributed by atoms with Crippen LogP contribution in [0, 0.1) is 13.8 Å². The lowest BCUT2D eigenvalue weighted by molar-refractivity contribution is -0.122. The summed E-state index contributed by atoms with van der Waals surface area (Å²) in [6.45, 7) is 5.92. The first kappa shape index (κ1) is 21.8. The molecule has 1 N–H and O–H groups in total. The number of hydrogen-bond acceptors (Lipinski definition) is 3. The van der Waals surface area contributed by atoms with E-state index < -0.39 is 17.8 Å². The molecule has 2 heterocycles. The van der Waals surface area contributed by atoms with Gasteiger partial charge in [-0.3, -0.25) is 14.9 Å². The Morgan fingerprint density at radius 3 is 2.19 bits per heavy atom. The van der Waals surface area contributed by atoms with Crippen LogP contribution in [0.5, 0.6) is 0 Å². The van der Waals surface area contributed by atoms with Crippen LogP contribution in [0.15, 0.2) is 64.6 Å². The number of amides is 4. The highest BCUT2D eigenvalue weighted by Crippen LogP contribution is 2.27. The molecule has 0 atom stereocenters. The lowest BCUT2D eigenvalue weighted by Crippen LogP contribution is -2.54. The van der Waals surface area contributed by atoms with E-state index in [0.29, 0.717) is 5.69 Å². The standard InChI is InChI=1S/C25H22BrN3O3/c1-4-17-5-9-21(10-6-17)29-24(31)22(23(30)27-25(29)32)14-18-13-15(2)28(16(18)3)20-11-7-19(26)8-12-20/h5-14H,4H2,1-3H3,(H,27,30,32). The minimum Gasteiger partial charge on any atom is -0.318 e. The van der Waals surface area contributed by atoms with Crippen molar-refractivity contribution in [2.75, 3.05) is 4.90 Å². The molecule has 4 amide bonds. The summed E-state index contributed by atoms with van der Waals surface area (Å²) in [5.41, 5.74) is 4.98. The van der Waals surface area contributed by atoms with Crippen molar-refractivity contribution in [3.63, 3.8) is 0 Å². The Hall–Kier alpha value is -3.45. The molecule has 0 aliphatic carbocycles. The predicted molar refractivity (Wildman–Crippen MR) is 128 cm³/mol. The lowest BCUT2D eigenvalue weighted by atomic mass is 10.1. The smallest absolute Gasteiger partial charge is 0.318 e. The summed E-state index contributed by atoms with van der Waals surface area (Å²) in [5, 5.41) is 2.28. The van der Waals surface area contributed by atoms with Crippen LogP contribution >= 0.6 is 15.9 Å². The molecular formula is C25H22BrN3O3. The monoisotopic (exact) mass is 491 g/mol. The number of hydrogen-bond donors (Lipinski definition) is 1. The molecule has 32 heavy (non-hydrogen) atoms. The van der Waals surface area contributed by atoms with Crippen LogP contribution in [0.25, 0.3) is 11.8 Å². The van der Waals surface area contributed by atoms with Gasteiger partial charge in [-0.25, -0.2) is 9.69 Å². The van der Waals surface area contributed by atoms with E-state index in [2.05, 4.69) is 25.8 Å². The molecule has 0 bridgehead atoms. The van der Waals surface area contributed by atoms with E-state index in [1.165, 1.54) is 0 Å². The number of halogens is 1. The average molecular weight is 492 g/mol. The van der Waals surface area contributed by atoms with Crippen LogP contribution in [-0.4, -0.2) is 22.4 Å². The summed E-state index contributed by atoms with van der Waals surface area (Å²) in [7, 11) is 0. The zero-order valence-corrected chi connectivity index (χ0v) is 19.6. The maximum atomic E-state index is 13.2. The number of imide groups is 2. The van der Waals surface area contributed by atoms with Gasteiger partial charge in [0.15, 0.2) is 0 Å². The number of aryl methyl sites for hydroxylation is 2. The third kappa shape index (κ3) is 3.91. The Labute approximate surface area is 194 Å². The minimum atomic E-state index is -0.748. The molecule has 162 valence electrons. The molecule has 1 aromatic heterocycles. The van der Waals surface area contributed by atoms with Crippen LogP contribution in [0.1, 0.15) is 29.4 Å². The Morgan fingerprint density at radius 1 is 0.938 bits per heavy atom. The molecule has 0 saturated carbocycles. The zero-order valence-electron chi connectivity index (χ0n) is 18.0. The Kier molecular flexibility index (Phi) is 5.84. The SMILES string of the molecule is CCc1ccc(N2C(=O)NC(=O)C(=Cc3cc(C)n(-c4ccc(Br)cc4)c3C)C2=O)cc1. The molecule has 6 nitrogen and oxygen atoms in total. The first-order valence-corrected chi connectivity index (χ1v) is 11.0. The number of urea groups is 1. The van der Waals surface area contributed by atoms with E-state index in [0.717, 1.165) is 44.0 Å². The Balaban J connectivity index is 1.73. The fourth-order valence-corrected chi connectivity index (χ4v) is 4.11. The Bertz CT molecular complexity index is 1250. The minimum absolute atomic E-state index is 0.0831. The van der Waals surface area contributed by atoms with Gasteiger partial charge in [-0.05, 0) is 79.9 Å². The van der Waals surface area contributed by atoms with E-state index in [1.54, 1.807) is 18.2 Å². The van der Waals surface area contributed by atoms with Crippen molar-refractivity contribution in [3.8, 4) is 5.69 Å². The second-order valence-corrected chi connectivity index (χ2v) is 8.53. The van der Waals surface area contributed by atoms with Crippen LogP contribution in [0.4, 0.5) is 10.5 Å². The third-order valence-electron chi connectivity index (χ3n) is 5.56. The molecule has 0 unspecified atom stereocenters. The van der Waals surface area contributed by atoms with Crippen molar-refractivity contribution >= 4 is 45.5 Å². The topological polar surface area (TPSA) is 71.4 Å². The number of barbiturate groups is 1. The van der Waals surface area contributed by atoms with Gasteiger partial charge < -0.3 is 4.57 Å². The molecule has 1 aliphatic heterocycles. The molecular weight excluding hydrogens is 470 g/mol. The molecule has 3 aromatic rings. The number of aromatic nitrogens is 1. The molecule has 1 saturated heterocycles. The molecule has 0 spiro atoms. The van der Waals surface area contributed by atoms with Crippen LogP contribution in [-0.2, 0) is 16.0 Å². The summed E-state index contributed by atoms with van der Waals surface area (Å²) < 4.78 is 3.03. The van der Waals surface area contributed by atoms with Gasteiger partial charge in [0.25, 0.3) is 11.8 Å². The fraction of sp³-hybridized carbons (Fsp3) is 0.160. The zero-order chi connectivity index (χ0) is 23.0. The number of rotatable bonds is 4. The highest BCUT2D eigenvalue weighted by atomic mass is 79.9. The first-order chi connectivity index (χ1) is 15.3. The van der Waals surface area contributed by atoms with E-state index in [9.17, 15) is 14.4 Å². The molecule has 2 aromatic carbocycles. The Morgan fingerprint density at radius 2 is 1.56 bits per heavy atom. The first-order valence-electron chi connectivity index (χ1n) is 10.3. The van der Waals surface area contributed by atoms with Crippen molar-refractivity contribution in [2.24, 2.45) is 0 Å². The fourth-order valence-electron chi connectivity index (χ4n) is 3.85. The van der Waals surface area contributed by atoms with E-state index >= 15 is 0 Å². The summed E-state index contributed by atoms with van der Waals surface area (Å²) >= 11 is 3.44. The molecule has 0 radical (unpaired) electrons. The lowest BCUT2D eigenvalue weighted by Gasteiger charge is -2.26. The van der Waals surface area contributed by atoms with Crippen molar-refractivity contribution < 1.29 is 14.4 Å². The maximum Gasteiger partial charge on any atom is 0.335 e. The summed E-state index contributed by atoms with van der Waals surface area (Å²) in [6, 6.07) is 16.2. The second kappa shape index (κ2) is 8.59. The largest absolute Gasteiger partial charge is 0.335 e.